The maximum atomic E-state index is 13.3. The number of fused-ring (bicyclic) bond motifs is 2. The van der Waals surface area contributed by atoms with Crippen LogP contribution in [0.1, 0.15) is 50.1 Å². The number of nitrogens with zero attached hydrogens (tertiary/aromatic N) is 4. The van der Waals surface area contributed by atoms with Crippen LogP contribution >= 0.6 is 35.3 Å². The van der Waals surface area contributed by atoms with Crippen LogP contribution in [0.5, 0.6) is 0 Å². The number of thiazole rings is 1. The Kier molecular flexibility index (Phi) is 9.10. The predicted octanol–water partition coefficient (Wildman–Crippen LogP) is 3.54. The summed E-state index contributed by atoms with van der Waals surface area (Å²) in [5.74, 6) is -0.798. The molecule has 1 aromatic carbocycles. The summed E-state index contributed by atoms with van der Waals surface area (Å²) in [6, 6.07) is 6.39. The first-order valence-electron chi connectivity index (χ1n) is 12.7. The topological polar surface area (TPSA) is 108 Å². The molecule has 208 valence electrons. The van der Waals surface area contributed by atoms with E-state index in [1.807, 2.05) is 6.07 Å². The van der Waals surface area contributed by atoms with Gasteiger partial charge in [-0.15, -0.1) is 23.7 Å². The zero-order valence-electron chi connectivity index (χ0n) is 22.1. The number of rotatable bonds is 5. The Morgan fingerprint density at radius 1 is 1.08 bits per heavy atom. The van der Waals surface area contributed by atoms with Crippen LogP contribution < -0.4 is 10.6 Å². The second-order valence-electron chi connectivity index (χ2n) is 10.3. The first-order valence-corrected chi connectivity index (χ1v) is 13.9. The van der Waals surface area contributed by atoms with Gasteiger partial charge in [0, 0.05) is 67.0 Å². The molecule has 2 aromatic heterocycles. The van der Waals surface area contributed by atoms with E-state index in [9.17, 15) is 14.4 Å². The number of carbonyl (C=O) groups is 3. The average Bonchev–Trinajstić information content (AvgIpc) is 3.32. The Morgan fingerprint density at radius 2 is 1.85 bits per heavy atom. The second kappa shape index (κ2) is 12.2. The molecule has 5 rings (SSSR count). The zero-order valence-corrected chi connectivity index (χ0v) is 24.5. The molecule has 0 saturated heterocycles. The molecule has 3 atom stereocenters. The van der Waals surface area contributed by atoms with Gasteiger partial charge in [0.25, 0.3) is 11.8 Å². The molecule has 1 aliphatic carbocycles. The number of likely N-dealkylation sites (N-methyl/N-ethyl adjacent to an activating group) is 1. The summed E-state index contributed by atoms with van der Waals surface area (Å²) in [4.78, 5) is 53.1. The van der Waals surface area contributed by atoms with E-state index in [4.69, 9.17) is 11.6 Å². The van der Waals surface area contributed by atoms with Crippen LogP contribution in [0.2, 0.25) is 5.02 Å². The number of nitrogens with one attached hydrogen (secondary N) is 2. The molecule has 3 aromatic rings. The van der Waals surface area contributed by atoms with Gasteiger partial charge in [-0.3, -0.25) is 19.4 Å². The quantitative estimate of drug-likeness (QED) is 0.470. The van der Waals surface area contributed by atoms with E-state index in [0.29, 0.717) is 29.3 Å². The maximum absolute atomic E-state index is 13.3. The van der Waals surface area contributed by atoms with Gasteiger partial charge in [0.05, 0.1) is 11.7 Å². The third kappa shape index (κ3) is 6.51. The van der Waals surface area contributed by atoms with Crippen LogP contribution in [0.3, 0.4) is 0 Å². The Bertz CT molecular complexity index is 1400. The number of benzene rings is 1. The van der Waals surface area contributed by atoms with Gasteiger partial charge >= 0.3 is 0 Å². The van der Waals surface area contributed by atoms with Crippen molar-refractivity contribution in [3.05, 3.63) is 56.8 Å². The number of hydrogen-bond acceptors (Lipinski definition) is 7. The molecule has 3 heterocycles. The molecular formula is C27H32Cl2N6O3S. The summed E-state index contributed by atoms with van der Waals surface area (Å²) in [7, 11) is 5.53. The molecule has 1 fully saturated rings. The molecule has 3 amide bonds. The van der Waals surface area contributed by atoms with Crippen molar-refractivity contribution in [2.75, 3.05) is 27.7 Å². The smallest absolute Gasteiger partial charge is 0.280 e. The number of hydrogen-bond donors (Lipinski definition) is 2. The van der Waals surface area contributed by atoms with Gasteiger partial charge in [-0.05, 0) is 49.9 Å². The lowest BCUT2D eigenvalue weighted by Crippen LogP contribution is -2.56. The van der Waals surface area contributed by atoms with E-state index in [0.717, 1.165) is 40.9 Å². The second-order valence-corrected chi connectivity index (χ2v) is 11.9. The van der Waals surface area contributed by atoms with Crippen LogP contribution in [0, 0.1) is 5.92 Å². The van der Waals surface area contributed by atoms with Crippen molar-refractivity contribution >= 4 is 63.8 Å². The molecule has 2 N–H and O–H groups in total. The van der Waals surface area contributed by atoms with Gasteiger partial charge in [0.2, 0.25) is 5.91 Å². The Hall–Kier alpha value is -2.79. The summed E-state index contributed by atoms with van der Waals surface area (Å²) in [5, 5.41) is 8.90. The van der Waals surface area contributed by atoms with Crippen molar-refractivity contribution in [1.82, 2.24) is 30.4 Å². The lowest BCUT2D eigenvalue weighted by Gasteiger charge is -2.37. The monoisotopic (exact) mass is 590 g/mol. The van der Waals surface area contributed by atoms with Crippen LogP contribution in [-0.4, -0.2) is 77.3 Å². The molecule has 0 spiro atoms. The average molecular weight is 592 g/mol. The number of amides is 3. The minimum atomic E-state index is -0.419. The molecule has 1 saturated carbocycles. The Morgan fingerprint density at radius 3 is 2.62 bits per heavy atom. The van der Waals surface area contributed by atoms with E-state index in [-0.39, 0.29) is 47.8 Å². The largest absolute Gasteiger partial charge is 0.349 e. The van der Waals surface area contributed by atoms with Crippen LogP contribution in [-0.2, 0) is 17.8 Å². The summed E-state index contributed by atoms with van der Waals surface area (Å²) < 4.78 is 0. The zero-order chi connectivity index (χ0) is 27.0. The van der Waals surface area contributed by atoms with Gasteiger partial charge in [0.15, 0.2) is 5.01 Å². The van der Waals surface area contributed by atoms with Crippen molar-refractivity contribution in [3.63, 3.8) is 0 Å². The van der Waals surface area contributed by atoms with E-state index in [1.54, 1.807) is 43.4 Å². The number of halogens is 2. The molecule has 0 radical (unpaired) electrons. The molecule has 1 aliphatic heterocycles. The van der Waals surface area contributed by atoms with Crippen molar-refractivity contribution < 1.29 is 14.4 Å². The summed E-state index contributed by atoms with van der Waals surface area (Å²) in [6.45, 7) is 1.70. The minimum absolute atomic E-state index is 0. The van der Waals surface area contributed by atoms with Gasteiger partial charge < -0.3 is 20.4 Å². The molecule has 0 unspecified atom stereocenters. The summed E-state index contributed by atoms with van der Waals surface area (Å²) >= 11 is 7.48. The van der Waals surface area contributed by atoms with Crippen molar-refractivity contribution in [2.45, 2.75) is 44.3 Å². The van der Waals surface area contributed by atoms with E-state index < -0.39 is 6.04 Å². The third-order valence-electron chi connectivity index (χ3n) is 7.31. The highest BCUT2D eigenvalue weighted by molar-refractivity contribution is 7.13. The van der Waals surface area contributed by atoms with E-state index >= 15 is 0 Å². The highest BCUT2D eigenvalue weighted by Gasteiger charge is 2.37. The third-order valence-corrected chi connectivity index (χ3v) is 8.62. The van der Waals surface area contributed by atoms with Gasteiger partial charge in [-0.1, -0.05) is 17.7 Å². The van der Waals surface area contributed by atoms with Crippen LogP contribution in [0.15, 0.2) is 30.5 Å². The molecule has 9 nitrogen and oxygen atoms in total. The highest BCUT2D eigenvalue weighted by Crippen LogP contribution is 2.29. The minimum Gasteiger partial charge on any atom is -0.349 e. The first-order chi connectivity index (χ1) is 18.2. The Balaban J connectivity index is 0.00000353. The van der Waals surface area contributed by atoms with Crippen LogP contribution in [0.4, 0.5) is 0 Å². The molecular weight excluding hydrogens is 559 g/mol. The van der Waals surface area contributed by atoms with Gasteiger partial charge in [-0.2, -0.15) is 0 Å². The maximum Gasteiger partial charge on any atom is 0.280 e. The fourth-order valence-corrected chi connectivity index (χ4v) is 6.49. The van der Waals surface area contributed by atoms with Crippen LogP contribution in [0.25, 0.3) is 10.8 Å². The first kappa shape index (κ1) is 29.2. The van der Waals surface area contributed by atoms with E-state index in [2.05, 4.69) is 32.5 Å². The number of carbonyl (C=O) groups excluding carboxylic acids is 3. The standard InChI is InChI=1S/C27H31ClN6O3S.ClH/c1-33(2)27(37)16-5-7-19(30-24(35)22-11-15-4-6-18(28)10-17(15)13-29-22)21(12-16)31-25(36)26-32-20-8-9-34(3)14-23(20)38-26;/h4,6,10-11,13,16,19,21H,5,7-9,12,14H2,1-3H3,(H,30,35)(H,31,36);1H/t16-,19-,21-;/m0./s1. The fraction of sp³-hybridized carbons (Fsp3) is 0.444. The molecule has 0 bridgehead atoms. The van der Waals surface area contributed by atoms with Crippen molar-refractivity contribution in [2.24, 2.45) is 5.92 Å². The lowest BCUT2D eigenvalue weighted by molar-refractivity contribution is -0.134. The van der Waals surface area contributed by atoms with Crippen molar-refractivity contribution in [3.8, 4) is 0 Å². The van der Waals surface area contributed by atoms with E-state index in [1.165, 1.54) is 11.3 Å². The fourth-order valence-electron chi connectivity index (χ4n) is 5.22. The normalized spacial score (nSPS) is 21.0. The SMILES string of the molecule is CN1CCc2nc(C(=O)N[C@H]3C[C@@H](C(=O)N(C)C)CC[C@@H]3NC(=O)c3cc4ccc(Cl)cc4cn3)sc2C1.Cl. The summed E-state index contributed by atoms with van der Waals surface area (Å²) in [5.41, 5.74) is 1.27. The number of pyridine rings is 1. The number of aromatic nitrogens is 2. The van der Waals surface area contributed by atoms with Gasteiger partial charge in [-0.25, -0.2) is 4.98 Å². The molecule has 39 heavy (non-hydrogen) atoms. The lowest BCUT2D eigenvalue weighted by atomic mass is 9.81. The van der Waals surface area contributed by atoms with Crippen molar-refractivity contribution in [1.29, 1.82) is 0 Å². The molecule has 2 aliphatic rings. The highest BCUT2D eigenvalue weighted by atomic mass is 35.5. The molecule has 12 heteroatoms. The predicted molar refractivity (Wildman–Crippen MR) is 155 cm³/mol. The summed E-state index contributed by atoms with van der Waals surface area (Å²) in [6.07, 6.45) is 4.07. The van der Waals surface area contributed by atoms with Gasteiger partial charge in [0.1, 0.15) is 5.69 Å². The Labute approximate surface area is 242 Å².